The van der Waals surface area contributed by atoms with Crippen LogP contribution in [-0.2, 0) is 19.4 Å². The molecule has 0 fully saturated rings. The van der Waals surface area contributed by atoms with E-state index >= 15 is 0 Å². The Morgan fingerprint density at radius 2 is 2.11 bits per heavy atom. The molecule has 0 saturated carbocycles. The molecule has 0 saturated heterocycles. The van der Waals surface area contributed by atoms with Crippen molar-refractivity contribution in [3.8, 4) is 11.3 Å². The Kier molecular flexibility index (Phi) is 2.13. The summed E-state index contributed by atoms with van der Waals surface area (Å²) < 4.78 is 2.24. The van der Waals surface area contributed by atoms with Gasteiger partial charge in [-0.2, -0.15) is 0 Å². The minimum atomic E-state index is 1.03. The fourth-order valence-corrected chi connectivity index (χ4v) is 3.11. The van der Waals surface area contributed by atoms with Crippen LogP contribution in [0.5, 0.6) is 0 Å². The lowest BCUT2D eigenvalue weighted by Crippen LogP contribution is -2.32. The molecule has 1 aromatic carbocycles. The number of nitrogens with one attached hydrogen (secondary N) is 1. The molecule has 1 aliphatic heterocycles. The molecule has 0 radical (unpaired) electrons. The third-order valence-corrected chi connectivity index (χ3v) is 3.98. The highest BCUT2D eigenvalue weighted by molar-refractivity contribution is 5.71. The smallest absolute Gasteiger partial charge is 0.228 e. The van der Waals surface area contributed by atoms with E-state index in [1.807, 2.05) is 6.33 Å². The van der Waals surface area contributed by atoms with Gasteiger partial charge in [0.05, 0.1) is 12.1 Å². The maximum atomic E-state index is 4.72. The van der Waals surface area contributed by atoms with Crippen molar-refractivity contribution in [3.63, 3.8) is 0 Å². The first-order valence-electron chi connectivity index (χ1n) is 6.67. The second-order valence-electron chi connectivity index (χ2n) is 5.05. The summed E-state index contributed by atoms with van der Waals surface area (Å²) in [6, 6.07) is 8.69. The van der Waals surface area contributed by atoms with Crippen LogP contribution in [0.4, 0.5) is 5.82 Å². The van der Waals surface area contributed by atoms with Crippen LogP contribution in [0, 0.1) is 0 Å². The quantitative estimate of drug-likeness (QED) is 0.711. The van der Waals surface area contributed by atoms with Crippen molar-refractivity contribution in [3.05, 3.63) is 41.7 Å². The number of rotatable bonds is 0. The van der Waals surface area contributed by atoms with E-state index in [9.17, 15) is 0 Å². The second-order valence-corrected chi connectivity index (χ2v) is 5.05. The van der Waals surface area contributed by atoms with Gasteiger partial charge in [-0.05, 0) is 24.8 Å². The summed E-state index contributed by atoms with van der Waals surface area (Å²) in [4.78, 5) is 4.72. The van der Waals surface area contributed by atoms with Gasteiger partial charge in [-0.15, -0.1) is 4.98 Å². The first kappa shape index (κ1) is 10.1. The Morgan fingerprint density at radius 3 is 3.11 bits per heavy atom. The van der Waals surface area contributed by atoms with E-state index in [1.165, 1.54) is 34.6 Å². The van der Waals surface area contributed by atoms with Gasteiger partial charge in [0.15, 0.2) is 5.69 Å². The van der Waals surface area contributed by atoms with Gasteiger partial charge in [-0.3, -0.25) is 0 Å². The first-order valence-corrected chi connectivity index (χ1v) is 6.67. The van der Waals surface area contributed by atoms with Crippen LogP contribution in [0.25, 0.3) is 11.3 Å². The minimum absolute atomic E-state index is 1.03. The molecular weight excluding hydrogens is 222 g/mol. The van der Waals surface area contributed by atoms with E-state index < -0.39 is 0 Å². The normalized spacial score (nSPS) is 16.2. The summed E-state index contributed by atoms with van der Waals surface area (Å²) in [5.74, 6) is 1.29. The first-order chi connectivity index (χ1) is 8.93. The summed E-state index contributed by atoms with van der Waals surface area (Å²) in [6.07, 6.45) is 5.48. The van der Waals surface area contributed by atoms with E-state index in [2.05, 4.69) is 34.1 Å². The zero-order valence-corrected chi connectivity index (χ0v) is 10.3. The Morgan fingerprint density at radius 1 is 1.17 bits per heavy atom. The molecule has 0 bridgehead atoms. The monoisotopic (exact) mass is 238 g/mol. The Hall–Kier alpha value is -1.90. The van der Waals surface area contributed by atoms with E-state index in [-0.39, 0.29) is 0 Å². The van der Waals surface area contributed by atoms with Crippen molar-refractivity contribution < 1.29 is 4.57 Å². The van der Waals surface area contributed by atoms with Crippen LogP contribution in [0.3, 0.4) is 0 Å². The second kappa shape index (κ2) is 3.80. The van der Waals surface area contributed by atoms with Crippen LogP contribution >= 0.6 is 0 Å². The molecule has 1 aromatic heterocycles. The highest BCUT2D eigenvalue weighted by atomic mass is 15.2. The average Bonchev–Trinajstić information content (AvgIpc) is 2.80. The lowest BCUT2D eigenvalue weighted by molar-refractivity contribution is -0.673. The molecule has 3 nitrogen and oxygen atoms in total. The van der Waals surface area contributed by atoms with E-state index in [0.29, 0.717) is 0 Å². The van der Waals surface area contributed by atoms with Crippen LogP contribution in [0.2, 0.25) is 0 Å². The summed E-state index contributed by atoms with van der Waals surface area (Å²) in [5, 5.41) is 3.51. The van der Waals surface area contributed by atoms with E-state index in [4.69, 9.17) is 4.98 Å². The lowest BCUT2D eigenvalue weighted by atomic mass is 10.0. The molecule has 2 aromatic rings. The number of fused-ring (bicyclic) bond motifs is 5. The molecule has 18 heavy (non-hydrogen) atoms. The van der Waals surface area contributed by atoms with Crippen molar-refractivity contribution in [1.82, 2.24) is 4.98 Å². The lowest BCUT2D eigenvalue weighted by Gasteiger charge is -2.07. The van der Waals surface area contributed by atoms with Crippen LogP contribution in [0.15, 0.2) is 30.6 Å². The summed E-state index contributed by atoms with van der Waals surface area (Å²) in [5.41, 5.74) is 5.34. The van der Waals surface area contributed by atoms with Gasteiger partial charge >= 0.3 is 0 Å². The largest absolute Gasteiger partial charge is 0.302 e. The van der Waals surface area contributed by atoms with Crippen LogP contribution < -0.4 is 9.88 Å². The molecule has 0 spiro atoms. The summed E-state index contributed by atoms with van der Waals surface area (Å²) >= 11 is 0. The fourth-order valence-electron chi connectivity index (χ4n) is 3.11. The topological polar surface area (TPSA) is 28.8 Å². The molecular formula is C15H16N3+. The van der Waals surface area contributed by atoms with Gasteiger partial charge in [-0.1, -0.05) is 24.3 Å². The van der Waals surface area contributed by atoms with Crippen molar-refractivity contribution in [2.75, 3.05) is 11.9 Å². The molecule has 90 valence electrons. The Bertz CT molecular complexity index is 619. The van der Waals surface area contributed by atoms with Gasteiger partial charge in [0, 0.05) is 5.56 Å². The van der Waals surface area contributed by atoms with Gasteiger partial charge in [0.2, 0.25) is 12.1 Å². The van der Waals surface area contributed by atoms with E-state index in [1.54, 1.807) is 0 Å². The molecule has 3 heteroatoms. The molecule has 0 atom stereocenters. The number of benzene rings is 1. The summed E-state index contributed by atoms with van der Waals surface area (Å²) in [7, 11) is 0. The highest BCUT2D eigenvalue weighted by Gasteiger charge is 2.27. The van der Waals surface area contributed by atoms with Crippen molar-refractivity contribution >= 4 is 5.82 Å². The Labute approximate surface area is 107 Å². The van der Waals surface area contributed by atoms with Crippen molar-refractivity contribution in [1.29, 1.82) is 0 Å². The van der Waals surface area contributed by atoms with Crippen molar-refractivity contribution in [2.45, 2.75) is 25.8 Å². The third-order valence-electron chi connectivity index (χ3n) is 3.98. The summed E-state index contributed by atoms with van der Waals surface area (Å²) in [6.45, 7) is 2.07. The minimum Gasteiger partial charge on any atom is -0.302 e. The van der Waals surface area contributed by atoms with Crippen molar-refractivity contribution in [2.24, 2.45) is 0 Å². The van der Waals surface area contributed by atoms with Crippen LogP contribution in [0.1, 0.15) is 17.5 Å². The fraction of sp³-hybridized carbons (Fsp3) is 0.333. The number of nitrogens with zero attached hydrogens (tertiary/aromatic N) is 2. The number of aryl methyl sites for hydroxylation is 1. The molecule has 2 aliphatic rings. The maximum absolute atomic E-state index is 4.72. The third kappa shape index (κ3) is 1.37. The molecule has 1 N–H and O–H groups in total. The van der Waals surface area contributed by atoms with Gasteiger partial charge < -0.3 is 5.32 Å². The van der Waals surface area contributed by atoms with E-state index in [0.717, 1.165) is 25.9 Å². The van der Waals surface area contributed by atoms with Crippen LogP contribution in [-0.4, -0.2) is 11.5 Å². The molecule has 2 heterocycles. The number of hydrogen-bond donors (Lipinski definition) is 1. The average molecular weight is 238 g/mol. The predicted octanol–water partition coefficient (Wildman–Crippen LogP) is 1.95. The Balaban J connectivity index is 2.00. The molecule has 1 aliphatic carbocycles. The molecule has 4 rings (SSSR count). The predicted molar refractivity (Wildman–Crippen MR) is 70.4 cm³/mol. The zero-order valence-electron chi connectivity index (χ0n) is 10.3. The number of hydrogen-bond acceptors (Lipinski definition) is 2. The van der Waals surface area contributed by atoms with Gasteiger partial charge in [0.25, 0.3) is 0 Å². The van der Waals surface area contributed by atoms with Gasteiger partial charge in [0.1, 0.15) is 6.54 Å². The number of aromatic nitrogens is 2. The standard InChI is InChI=1S/C15H15N3/c1-2-6-12-11(4-1)5-3-7-13-14(12)17-10-18-9-8-16-15(13)18/h1-2,4,6,10H,3,5,7-9H2/p+1. The zero-order chi connectivity index (χ0) is 11.9. The number of anilines is 1. The highest BCUT2D eigenvalue weighted by Crippen LogP contribution is 2.33. The maximum Gasteiger partial charge on any atom is 0.228 e. The molecule has 0 amide bonds. The SMILES string of the molecule is c1ccc2c(c1)CCCc1c-2nc[n+]2c1NCC2. The molecule has 0 unspecified atom stereocenters. The van der Waals surface area contributed by atoms with Gasteiger partial charge in [-0.25, -0.2) is 4.57 Å².